The van der Waals surface area contributed by atoms with Gasteiger partial charge in [-0.25, -0.2) is 0 Å². The van der Waals surface area contributed by atoms with Gasteiger partial charge < -0.3 is 10.6 Å². The Morgan fingerprint density at radius 2 is 1.61 bits per heavy atom. The van der Waals surface area contributed by atoms with Gasteiger partial charge in [0.15, 0.2) is 0 Å². The molecule has 0 aliphatic carbocycles. The summed E-state index contributed by atoms with van der Waals surface area (Å²) >= 11 is 0. The molecule has 23 heavy (non-hydrogen) atoms. The van der Waals surface area contributed by atoms with E-state index >= 15 is 0 Å². The van der Waals surface area contributed by atoms with Crippen LogP contribution in [0.1, 0.15) is 5.56 Å². The van der Waals surface area contributed by atoms with Crippen molar-refractivity contribution in [3.63, 3.8) is 0 Å². The van der Waals surface area contributed by atoms with Crippen LogP contribution in [0.15, 0.2) is 48.5 Å². The topological polar surface area (TPSA) is 125 Å². The van der Waals surface area contributed by atoms with Crippen LogP contribution < -0.4 is 10.6 Å². The van der Waals surface area contributed by atoms with Crippen molar-refractivity contribution in [1.29, 1.82) is 5.26 Å². The molecule has 0 saturated carbocycles. The maximum atomic E-state index is 11.8. The predicted molar refractivity (Wildman–Crippen MR) is 81.5 cm³/mol. The minimum absolute atomic E-state index is 0.138. The van der Waals surface area contributed by atoms with E-state index in [2.05, 4.69) is 10.6 Å². The average Bonchev–Trinajstić information content (AvgIpc) is 2.55. The lowest BCUT2D eigenvalue weighted by Gasteiger charge is -2.06. The first-order chi connectivity index (χ1) is 11.0. The number of rotatable bonds is 3. The molecule has 0 aromatic heterocycles. The van der Waals surface area contributed by atoms with Gasteiger partial charge in [-0.2, -0.15) is 5.26 Å². The van der Waals surface area contributed by atoms with E-state index in [0.717, 1.165) is 6.07 Å². The first kappa shape index (κ1) is 15.7. The van der Waals surface area contributed by atoms with Gasteiger partial charge in [0.25, 0.3) is 5.69 Å². The number of anilines is 2. The van der Waals surface area contributed by atoms with Crippen molar-refractivity contribution in [2.45, 2.75) is 0 Å². The standard InChI is InChI=1S/C15H10N4O4/c16-9-10-4-6-11(7-5-10)17-14(20)15(21)18-12-2-1-3-13(8-12)19(22)23/h1-8H,(H,17,20)(H,18,21). The average molecular weight is 310 g/mol. The molecule has 8 heteroatoms. The number of nitrogens with one attached hydrogen (secondary N) is 2. The smallest absolute Gasteiger partial charge is 0.314 e. The molecule has 0 radical (unpaired) electrons. The van der Waals surface area contributed by atoms with Crippen molar-refractivity contribution in [2.24, 2.45) is 0 Å². The summed E-state index contributed by atoms with van der Waals surface area (Å²) in [4.78, 5) is 33.6. The minimum Gasteiger partial charge on any atom is -0.318 e. The summed E-state index contributed by atoms with van der Waals surface area (Å²) in [6.07, 6.45) is 0. The fourth-order valence-corrected chi connectivity index (χ4v) is 1.70. The third kappa shape index (κ3) is 4.12. The van der Waals surface area contributed by atoms with Gasteiger partial charge in [0.1, 0.15) is 0 Å². The Labute approximate surface area is 130 Å². The highest BCUT2D eigenvalue weighted by Crippen LogP contribution is 2.17. The number of benzene rings is 2. The fraction of sp³-hybridized carbons (Fsp3) is 0. The highest BCUT2D eigenvalue weighted by Gasteiger charge is 2.15. The maximum absolute atomic E-state index is 11.8. The lowest BCUT2D eigenvalue weighted by molar-refractivity contribution is -0.384. The van der Waals surface area contributed by atoms with Crippen LogP contribution in [0.2, 0.25) is 0 Å². The van der Waals surface area contributed by atoms with E-state index in [1.807, 2.05) is 6.07 Å². The molecule has 2 N–H and O–H groups in total. The molecular weight excluding hydrogens is 300 g/mol. The van der Waals surface area contributed by atoms with E-state index in [-0.39, 0.29) is 11.4 Å². The zero-order valence-electron chi connectivity index (χ0n) is 11.6. The molecule has 114 valence electrons. The Morgan fingerprint density at radius 3 is 2.17 bits per heavy atom. The summed E-state index contributed by atoms with van der Waals surface area (Å²) in [6.45, 7) is 0. The summed E-state index contributed by atoms with van der Waals surface area (Å²) in [5.41, 5.74) is 0.710. The number of nitrogens with zero attached hydrogens (tertiary/aromatic N) is 2. The van der Waals surface area contributed by atoms with Crippen molar-refractivity contribution in [3.8, 4) is 6.07 Å². The first-order valence-corrected chi connectivity index (χ1v) is 6.36. The normalized spacial score (nSPS) is 9.52. The van der Waals surface area contributed by atoms with Crippen molar-refractivity contribution in [1.82, 2.24) is 0 Å². The van der Waals surface area contributed by atoms with Gasteiger partial charge in [-0.15, -0.1) is 0 Å². The SMILES string of the molecule is N#Cc1ccc(NC(=O)C(=O)Nc2cccc([N+](=O)[O-])c2)cc1. The highest BCUT2D eigenvalue weighted by atomic mass is 16.6. The molecular formula is C15H10N4O4. The van der Waals surface area contributed by atoms with Gasteiger partial charge in [0.2, 0.25) is 0 Å². The van der Waals surface area contributed by atoms with Gasteiger partial charge in [-0.05, 0) is 30.3 Å². The van der Waals surface area contributed by atoms with Crippen LogP contribution in [0.25, 0.3) is 0 Å². The number of non-ortho nitro benzene ring substituents is 1. The van der Waals surface area contributed by atoms with Gasteiger partial charge in [-0.3, -0.25) is 19.7 Å². The summed E-state index contributed by atoms with van der Waals surface area (Å²) in [5.74, 6) is -1.89. The fourth-order valence-electron chi connectivity index (χ4n) is 1.70. The number of carbonyl (C=O) groups is 2. The summed E-state index contributed by atoms with van der Waals surface area (Å²) in [6, 6.07) is 13.1. The number of hydrogen-bond donors (Lipinski definition) is 2. The second-order valence-corrected chi connectivity index (χ2v) is 4.40. The van der Waals surface area contributed by atoms with E-state index < -0.39 is 16.7 Å². The van der Waals surface area contributed by atoms with Crippen LogP contribution >= 0.6 is 0 Å². The van der Waals surface area contributed by atoms with Crippen LogP contribution in [0.4, 0.5) is 17.1 Å². The number of nitriles is 1. The molecule has 0 aliphatic heterocycles. The number of carbonyl (C=O) groups excluding carboxylic acids is 2. The zero-order valence-corrected chi connectivity index (χ0v) is 11.6. The van der Waals surface area contributed by atoms with Crippen molar-refractivity contribution in [3.05, 3.63) is 64.2 Å². The monoisotopic (exact) mass is 310 g/mol. The van der Waals surface area contributed by atoms with E-state index in [9.17, 15) is 19.7 Å². The Kier molecular flexibility index (Phi) is 4.64. The Bertz CT molecular complexity index is 809. The van der Waals surface area contributed by atoms with E-state index in [1.165, 1.54) is 42.5 Å². The van der Waals surface area contributed by atoms with Crippen LogP contribution in [-0.2, 0) is 9.59 Å². The third-order valence-electron chi connectivity index (χ3n) is 2.79. The molecule has 0 spiro atoms. The largest absolute Gasteiger partial charge is 0.318 e. The van der Waals surface area contributed by atoms with Crippen molar-refractivity contribution < 1.29 is 14.5 Å². The van der Waals surface area contributed by atoms with Crippen LogP contribution in [0.3, 0.4) is 0 Å². The van der Waals surface area contributed by atoms with Crippen LogP contribution in [0.5, 0.6) is 0 Å². The summed E-state index contributed by atoms with van der Waals surface area (Å²) in [7, 11) is 0. The Hall–Kier alpha value is -3.73. The Morgan fingerprint density at radius 1 is 1.00 bits per heavy atom. The highest BCUT2D eigenvalue weighted by molar-refractivity contribution is 6.43. The molecule has 0 atom stereocenters. The van der Waals surface area contributed by atoms with E-state index in [4.69, 9.17) is 5.26 Å². The second kappa shape index (κ2) is 6.82. The molecule has 2 rings (SSSR count). The molecule has 0 fully saturated rings. The Balaban J connectivity index is 2.02. The number of amides is 2. The number of nitro groups is 1. The van der Waals surface area contributed by atoms with Crippen molar-refractivity contribution >= 4 is 28.9 Å². The van der Waals surface area contributed by atoms with Gasteiger partial charge in [-0.1, -0.05) is 6.07 Å². The second-order valence-electron chi connectivity index (χ2n) is 4.40. The molecule has 2 amide bonds. The number of nitro benzene ring substituents is 1. The lowest BCUT2D eigenvalue weighted by atomic mass is 10.2. The van der Waals surface area contributed by atoms with Crippen LogP contribution in [0, 0.1) is 21.4 Å². The quantitative estimate of drug-likeness (QED) is 0.510. The molecule has 2 aromatic carbocycles. The maximum Gasteiger partial charge on any atom is 0.314 e. The van der Waals surface area contributed by atoms with Gasteiger partial charge in [0, 0.05) is 23.5 Å². The predicted octanol–water partition coefficient (Wildman–Crippen LogP) is 2.04. The molecule has 0 aliphatic rings. The molecule has 0 saturated heterocycles. The van der Waals surface area contributed by atoms with E-state index in [0.29, 0.717) is 11.3 Å². The van der Waals surface area contributed by atoms with Gasteiger partial charge >= 0.3 is 11.8 Å². The third-order valence-corrected chi connectivity index (χ3v) is 2.79. The molecule has 2 aromatic rings. The number of hydrogen-bond acceptors (Lipinski definition) is 5. The lowest BCUT2D eigenvalue weighted by Crippen LogP contribution is -2.29. The first-order valence-electron chi connectivity index (χ1n) is 6.36. The van der Waals surface area contributed by atoms with E-state index in [1.54, 1.807) is 0 Å². The zero-order chi connectivity index (χ0) is 16.8. The minimum atomic E-state index is -0.963. The summed E-state index contributed by atoms with van der Waals surface area (Å²) in [5, 5.41) is 24.0. The molecule has 0 unspecified atom stereocenters. The molecule has 8 nitrogen and oxygen atoms in total. The summed E-state index contributed by atoms with van der Waals surface area (Å²) < 4.78 is 0. The molecule has 0 bridgehead atoms. The van der Waals surface area contributed by atoms with Crippen LogP contribution in [-0.4, -0.2) is 16.7 Å². The molecule has 0 heterocycles. The van der Waals surface area contributed by atoms with Gasteiger partial charge in [0.05, 0.1) is 16.6 Å². The van der Waals surface area contributed by atoms with Crippen molar-refractivity contribution in [2.75, 3.05) is 10.6 Å².